The maximum Gasteiger partial charge on any atom is 0.407 e. The number of ether oxygens (including phenoxy) is 1. The van der Waals surface area contributed by atoms with Gasteiger partial charge in [0.25, 0.3) is 0 Å². The van der Waals surface area contributed by atoms with Crippen LogP contribution in [-0.2, 0) is 4.74 Å². The van der Waals surface area contributed by atoms with Gasteiger partial charge in [0, 0.05) is 44.1 Å². The standard InChI is InChI=1S/C25H36N4O2/c1-19-16-20(2)18-22(17-19)29(23-8-6-7-11-26-23)15-14-28-12-9-21(10-13-28)27-24(30)31-25(3,4)5/h6-8,11,16-18,21H,9-10,12-15H2,1-5H3,(H,27,30). The molecule has 0 spiro atoms. The van der Waals surface area contributed by atoms with Crippen molar-refractivity contribution in [1.82, 2.24) is 15.2 Å². The van der Waals surface area contributed by atoms with E-state index in [0.29, 0.717) is 0 Å². The molecule has 3 rings (SSSR count). The summed E-state index contributed by atoms with van der Waals surface area (Å²) in [5, 5.41) is 3.02. The number of piperidine rings is 1. The minimum atomic E-state index is -0.464. The second-order valence-corrected chi connectivity index (χ2v) is 9.45. The van der Waals surface area contributed by atoms with Gasteiger partial charge in [0.1, 0.15) is 11.4 Å². The summed E-state index contributed by atoms with van der Waals surface area (Å²) < 4.78 is 5.39. The molecule has 0 unspecified atom stereocenters. The predicted molar refractivity (Wildman–Crippen MR) is 126 cm³/mol. The van der Waals surface area contributed by atoms with E-state index in [9.17, 15) is 4.79 Å². The van der Waals surface area contributed by atoms with Crippen LogP contribution in [0, 0.1) is 13.8 Å². The largest absolute Gasteiger partial charge is 0.444 e. The Morgan fingerprint density at radius 1 is 1.16 bits per heavy atom. The van der Waals surface area contributed by atoms with Crippen molar-refractivity contribution in [1.29, 1.82) is 0 Å². The van der Waals surface area contributed by atoms with Crippen molar-refractivity contribution in [3.05, 3.63) is 53.7 Å². The van der Waals surface area contributed by atoms with E-state index in [1.165, 1.54) is 16.8 Å². The van der Waals surface area contributed by atoms with Crippen molar-refractivity contribution >= 4 is 17.6 Å². The molecule has 1 fully saturated rings. The van der Waals surface area contributed by atoms with Crippen molar-refractivity contribution in [3.8, 4) is 0 Å². The highest BCUT2D eigenvalue weighted by molar-refractivity contribution is 5.68. The lowest BCUT2D eigenvalue weighted by Gasteiger charge is -2.34. The molecule has 31 heavy (non-hydrogen) atoms. The molecule has 2 heterocycles. The molecule has 2 aromatic rings. The van der Waals surface area contributed by atoms with Gasteiger partial charge >= 0.3 is 6.09 Å². The number of aryl methyl sites for hydroxylation is 2. The van der Waals surface area contributed by atoms with Gasteiger partial charge in [-0.15, -0.1) is 0 Å². The minimum Gasteiger partial charge on any atom is -0.444 e. The number of carbonyl (C=O) groups is 1. The maximum atomic E-state index is 12.0. The summed E-state index contributed by atoms with van der Waals surface area (Å²) >= 11 is 0. The molecule has 6 heteroatoms. The van der Waals surface area contributed by atoms with Gasteiger partial charge in [-0.2, -0.15) is 0 Å². The molecule has 168 valence electrons. The number of nitrogens with zero attached hydrogens (tertiary/aromatic N) is 3. The van der Waals surface area contributed by atoms with E-state index in [0.717, 1.165) is 44.8 Å². The van der Waals surface area contributed by atoms with Crippen molar-refractivity contribution in [2.45, 2.75) is 59.1 Å². The molecule has 1 N–H and O–H groups in total. The van der Waals surface area contributed by atoms with Gasteiger partial charge in [0.15, 0.2) is 0 Å². The fraction of sp³-hybridized carbons (Fsp3) is 0.520. The van der Waals surface area contributed by atoms with E-state index in [1.807, 2.05) is 39.1 Å². The fourth-order valence-electron chi connectivity index (χ4n) is 4.01. The molecule has 1 amide bonds. The number of likely N-dealkylation sites (tertiary alicyclic amines) is 1. The number of nitrogens with one attached hydrogen (secondary N) is 1. The van der Waals surface area contributed by atoms with Gasteiger partial charge in [-0.05, 0) is 82.9 Å². The third-order valence-corrected chi connectivity index (χ3v) is 5.39. The van der Waals surface area contributed by atoms with Crippen LogP contribution in [0.2, 0.25) is 0 Å². The van der Waals surface area contributed by atoms with Crippen molar-refractivity contribution in [2.75, 3.05) is 31.1 Å². The van der Waals surface area contributed by atoms with Gasteiger partial charge in [0.05, 0.1) is 0 Å². The van der Waals surface area contributed by atoms with Gasteiger partial charge in [0.2, 0.25) is 0 Å². The Hall–Kier alpha value is -2.60. The molecule has 1 saturated heterocycles. The number of carbonyl (C=O) groups excluding carboxylic acids is 1. The quantitative estimate of drug-likeness (QED) is 0.720. The minimum absolute atomic E-state index is 0.178. The summed E-state index contributed by atoms with van der Waals surface area (Å²) in [5.74, 6) is 0.967. The van der Waals surface area contributed by atoms with Crippen molar-refractivity contribution in [2.24, 2.45) is 0 Å². The Kier molecular flexibility index (Phi) is 7.55. The third-order valence-electron chi connectivity index (χ3n) is 5.39. The van der Waals surface area contributed by atoms with Crippen LogP contribution in [0.25, 0.3) is 0 Å². The number of aromatic nitrogens is 1. The molecule has 0 bridgehead atoms. The van der Waals surface area contributed by atoms with Crippen LogP contribution >= 0.6 is 0 Å². The zero-order valence-corrected chi connectivity index (χ0v) is 19.5. The second kappa shape index (κ2) is 10.1. The summed E-state index contributed by atoms with van der Waals surface area (Å²) in [6.45, 7) is 13.7. The SMILES string of the molecule is Cc1cc(C)cc(N(CCN2CCC(NC(=O)OC(C)(C)C)CC2)c2ccccn2)c1. The zero-order chi connectivity index (χ0) is 22.4. The Morgan fingerprint density at radius 2 is 1.84 bits per heavy atom. The molecule has 1 aliphatic rings. The van der Waals surface area contributed by atoms with Gasteiger partial charge in [-0.25, -0.2) is 9.78 Å². The Balaban J connectivity index is 1.57. The molecule has 0 aliphatic carbocycles. The molecule has 0 radical (unpaired) electrons. The summed E-state index contributed by atoms with van der Waals surface area (Å²) in [6, 6.07) is 12.9. The number of benzene rings is 1. The normalized spacial score (nSPS) is 15.5. The van der Waals surface area contributed by atoms with E-state index >= 15 is 0 Å². The number of amides is 1. The lowest BCUT2D eigenvalue weighted by atomic mass is 10.1. The average molecular weight is 425 g/mol. The zero-order valence-electron chi connectivity index (χ0n) is 19.5. The summed E-state index contributed by atoms with van der Waals surface area (Å²) in [5.41, 5.74) is 3.22. The number of pyridine rings is 1. The monoisotopic (exact) mass is 424 g/mol. The Labute approximate surface area is 186 Å². The lowest BCUT2D eigenvalue weighted by molar-refractivity contribution is 0.0479. The topological polar surface area (TPSA) is 57.7 Å². The summed E-state index contributed by atoms with van der Waals surface area (Å²) in [4.78, 5) is 21.4. The molecule has 0 saturated carbocycles. The second-order valence-electron chi connectivity index (χ2n) is 9.45. The molecular weight excluding hydrogens is 388 g/mol. The molecule has 0 atom stereocenters. The van der Waals surface area contributed by atoms with Gasteiger partial charge in [-0.1, -0.05) is 12.1 Å². The first kappa shape index (κ1) is 23.1. The average Bonchev–Trinajstić information content (AvgIpc) is 2.68. The van der Waals surface area contributed by atoms with Crippen molar-refractivity contribution in [3.63, 3.8) is 0 Å². The first-order chi connectivity index (χ1) is 14.7. The summed E-state index contributed by atoms with van der Waals surface area (Å²) in [7, 11) is 0. The van der Waals surface area contributed by atoms with Crippen LogP contribution in [0.4, 0.5) is 16.3 Å². The molecular formula is C25H36N4O2. The number of hydrogen-bond donors (Lipinski definition) is 1. The van der Waals surface area contributed by atoms with Gasteiger partial charge < -0.3 is 19.9 Å². The number of anilines is 2. The van der Waals surface area contributed by atoms with Crippen LogP contribution in [0.15, 0.2) is 42.6 Å². The van der Waals surface area contributed by atoms with E-state index in [1.54, 1.807) is 0 Å². The molecule has 6 nitrogen and oxygen atoms in total. The predicted octanol–water partition coefficient (Wildman–Crippen LogP) is 4.83. The van der Waals surface area contributed by atoms with E-state index < -0.39 is 5.60 Å². The van der Waals surface area contributed by atoms with E-state index in [2.05, 4.69) is 58.2 Å². The highest BCUT2D eigenvalue weighted by atomic mass is 16.6. The van der Waals surface area contributed by atoms with Crippen molar-refractivity contribution < 1.29 is 9.53 Å². The maximum absolute atomic E-state index is 12.0. The number of hydrogen-bond acceptors (Lipinski definition) is 5. The Morgan fingerprint density at radius 3 is 2.42 bits per heavy atom. The van der Waals surface area contributed by atoms with Crippen LogP contribution in [-0.4, -0.2) is 53.8 Å². The highest BCUT2D eigenvalue weighted by Gasteiger charge is 2.24. The smallest absolute Gasteiger partial charge is 0.407 e. The van der Waals surface area contributed by atoms with Crippen LogP contribution < -0.4 is 10.2 Å². The fourth-order valence-corrected chi connectivity index (χ4v) is 4.01. The van der Waals surface area contributed by atoms with Crippen LogP contribution in [0.1, 0.15) is 44.7 Å². The van der Waals surface area contributed by atoms with E-state index in [-0.39, 0.29) is 12.1 Å². The van der Waals surface area contributed by atoms with Crippen LogP contribution in [0.3, 0.4) is 0 Å². The Bertz CT molecular complexity index is 835. The molecule has 1 aromatic heterocycles. The third kappa shape index (κ3) is 7.24. The van der Waals surface area contributed by atoms with Crippen LogP contribution in [0.5, 0.6) is 0 Å². The molecule has 1 aromatic carbocycles. The first-order valence-electron chi connectivity index (χ1n) is 11.2. The lowest BCUT2D eigenvalue weighted by Crippen LogP contribution is -2.47. The first-order valence-corrected chi connectivity index (χ1v) is 11.2. The highest BCUT2D eigenvalue weighted by Crippen LogP contribution is 2.26. The van der Waals surface area contributed by atoms with Gasteiger partial charge in [-0.3, -0.25) is 0 Å². The number of rotatable bonds is 6. The molecule has 1 aliphatic heterocycles. The van der Waals surface area contributed by atoms with E-state index in [4.69, 9.17) is 4.74 Å². The number of alkyl carbamates (subject to hydrolysis) is 1. The summed E-state index contributed by atoms with van der Waals surface area (Å²) in [6.07, 6.45) is 3.40.